The van der Waals surface area contributed by atoms with Crippen molar-refractivity contribution in [3.05, 3.63) is 23.3 Å². The van der Waals surface area contributed by atoms with Crippen molar-refractivity contribution in [3.8, 4) is 11.5 Å². The maximum Gasteiger partial charge on any atom is 0.263 e. The van der Waals surface area contributed by atoms with E-state index in [-0.39, 0.29) is 18.4 Å². The molecule has 2 aliphatic heterocycles. The minimum absolute atomic E-state index is 0.00190. The SMILES string of the molecule is FC(F)c1cc2c(c(C3CCCN3)c1)OCO2. The lowest BCUT2D eigenvalue weighted by atomic mass is 10.0. The molecule has 1 atom stereocenters. The Labute approximate surface area is 97.7 Å². The lowest BCUT2D eigenvalue weighted by molar-refractivity contribution is 0.150. The average molecular weight is 241 g/mol. The molecule has 1 fully saturated rings. The van der Waals surface area contributed by atoms with Crippen molar-refractivity contribution in [1.29, 1.82) is 0 Å². The van der Waals surface area contributed by atoms with Gasteiger partial charge in [-0.25, -0.2) is 8.78 Å². The van der Waals surface area contributed by atoms with Crippen molar-refractivity contribution in [2.45, 2.75) is 25.3 Å². The number of hydrogen-bond acceptors (Lipinski definition) is 3. The lowest BCUT2D eigenvalue weighted by Gasteiger charge is -2.15. The van der Waals surface area contributed by atoms with E-state index in [2.05, 4.69) is 5.32 Å². The summed E-state index contributed by atoms with van der Waals surface area (Å²) in [5.74, 6) is 1.06. The Kier molecular flexibility index (Phi) is 2.63. The number of fused-ring (bicyclic) bond motifs is 1. The van der Waals surface area contributed by atoms with E-state index in [0.717, 1.165) is 24.9 Å². The molecule has 1 aromatic carbocycles. The summed E-state index contributed by atoms with van der Waals surface area (Å²) >= 11 is 0. The molecule has 0 aliphatic carbocycles. The standard InChI is InChI=1S/C12H13F2NO2/c13-12(14)7-4-8(9-2-1-3-15-9)11-10(5-7)16-6-17-11/h4-5,9,12,15H,1-3,6H2. The summed E-state index contributed by atoms with van der Waals surface area (Å²) < 4.78 is 36.1. The van der Waals surface area contributed by atoms with Gasteiger partial charge in [-0.05, 0) is 31.5 Å². The van der Waals surface area contributed by atoms with Crippen LogP contribution in [0.5, 0.6) is 11.5 Å². The molecule has 1 unspecified atom stereocenters. The number of hydrogen-bond donors (Lipinski definition) is 1. The smallest absolute Gasteiger partial charge is 0.263 e. The van der Waals surface area contributed by atoms with E-state index in [0.29, 0.717) is 11.5 Å². The van der Waals surface area contributed by atoms with Gasteiger partial charge in [-0.3, -0.25) is 0 Å². The summed E-state index contributed by atoms with van der Waals surface area (Å²) in [6.45, 7) is 1.03. The first-order valence-corrected chi connectivity index (χ1v) is 5.70. The normalized spacial score (nSPS) is 22.4. The fourth-order valence-electron chi connectivity index (χ4n) is 2.39. The average Bonchev–Trinajstić information content (AvgIpc) is 2.98. The van der Waals surface area contributed by atoms with Crippen molar-refractivity contribution in [1.82, 2.24) is 5.32 Å². The van der Waals surface area contributed by atoms with Crippen LogP contribution in [-0.4, -0.2) is 13.3 Å². The Bertz CT molecular complexity index is 431. The van der Waals surface area contributed by atoms with Gasteiger partial charge in [0.25, 0.3) is 6.43 Å². The first kappa shape index (κ1) is 10.8. The molecule has 0 bridgehead atoms. The molecule has 1 N–H and O–H groups in total. The molecule has 0 spiro atoms. The topological polar surface area (TPSA) is 30.5 Å². The predicted octanol–water partition coefficient (Wildman–Crippen LogP) is 2.78. The van der Waals surface area contributed by atoms with Crippen LogP contribution in [0, 0.1) is 0 Å². The molecule has 17 heavy (non-hydrogen) atoms. The van der Waals surface area contributed by atoms with Crippen LogP contribution in [0.4, 0.5) is 8.78 Å². The first-order valence-electron chi connectivity index (χ1n) is 5.70. The maximum atomic E-state index is 12.8. The van der Waals surface area contributed by atoms with Gasteiger partial charge in [0.15, 0.2) is 11.5 Å². The highest BCUT2D eigenvalue weighted by molar-refractivity contribution is 5.52. The zero-order valence-electron chi connectivity index (χ0n) is 9.21. The summed E-state index contributed by atoms with van der Waals surface area (Å²) in [4.78, 5) is 0. The molecule has 2 aliphatic rings. The molecule has 3 nitrogen and oxygen atoms in total. The molecule has 0 aromatic heterocycles. The van der Waals surface area contributed by atoms with Crippen LogP contribution in [-0.2, 0) is 0 Å². The summed E-state index contributed by atoms with van der Waals surface area (Å²) in [7, 11) is 0. The van der Waals surface area contributed by atoms with E-state index in [1.165, 1.54) is 12.1 Å². The third-order valence-corrected chi connectivity index (χ3v) is 3.21. The molecule has 0 radical (unpaired) electrons. The van der Waals surface area contributed by atoms with Crippen molar-refractivity contribution >= 4 is 0 Å². The van der Waals surface area contributed by atoms with Crippen molar-refractivity contribution in [2.24, 2.45) is 0 Å². The summed E-state index contributed by atoms with van der Waals surface area (Å²) in [5, 5.41) is 3.29. The summed E-state index contributed by atoms with van der Waals surface area (Å²) in [6.07, 6.45) is -0.480. The number of rotatable bonds is 2. The largest absolute Gasteiger partial charge is 0.454 e. The molecule has 92 valence electrons. The molecule has 1 saturated heterocycles. The van der Waals surface area contributed by atoms with E-state index in [1.807, 2.05) is 0 Å². The number of nitrogens with one attached hydrogen (secondary N) is 1. The van der Waals surface area contributed by atoms with Gasteiger partial charge in [-0.15, -0.1) is 0 Å². The van der Waals surface area contributed by atoms with Gasteiger partial charge in [0, 0.05) is 17.2 Å². The molecule has 1 aromatic rings. The highest BCUT2D eigenvalue weighted by Gasteiger charge is 2.27. The van der Waals surface area contributed by atoms with E-state index in [9.17, 15) is 8.78 Å². The number of alkyl halides is 2. The fraction of sp³-hybridized carbons (Fsp3) is 0.500. The molecule has 3 rings (SSSR count). The maximum absolute atomic E-state index is 12.8. The van der Waals surface area contributed by atoms with Gasteiger partial charge >= 0.3 is 0 Å². The van der Waals surface area contributed by atoms with Gasteiger partial charge in [0.05, 0.1) is 0 Å². The Morgan fingerprint density at radius 1 is 1.29 bits per heavy atom. The molecular formula is C12H13F2NO2. The van der Waals surface area contributed by atoms with Crippen molar-refractivity contribution < 1.29 is 18.3 Å². The Balaban J connectivity index is 2.05. The molecule has 0 amide bonds. The summed E-state index contributed by atoms with van der Waals surface area (Å²) in [6, 6.07) is 3.00. The minimum atomic E-state index is -2.48. The third-order valence-electron chi connectivity index (χ3n) is 3.21. The van der Waals surface area contributed by atoms with E-state index < -0.39 is 6.43 Å². The van der Waals surface area contributed by atoms with Crippen LogP contribution < -0.4 is 14.8 Å². The second-order valence-electron chi connectivity index (χ2n) is 4.29. The predicted molar refractivity (Wildman–Crippen MR) is 57.5 cm³/mol. The van der Waals surface area contributed by atoms with Crippen LogP contribution in [0.15, 0.2) is 12.1 Å². The second-order valence-corrected chi connectivity index (χ2v) is 4.29. The number of ether oxygens (including phenoxy) is 2. The van der Waals surface area contributed by atoms with Gasteiger partial charge < -0.3 is 14.8 Å². The summed E-state index contributed by atoms with van der Waals surface area (Å²) in [5.41, 5.74) is 0.797. The molecule has 0 saturated carbocycles. The molecule has 2 heterocycles. The zero-order chi connectivity index (χ0) is 11.8. The van der Waals surface area contributed by atoms with Gasteiger partial charge in [0.1, 0.15) is 0 Å². The van der Waals surface area contributed by atoms with Crippen molar-refractivity contribution in [2.75, 3.05) is 13.3 Å². The highest BCUT2D eigenvalue weighted by atomic mass is 19.3. The first-order chi connectivity index (χ1) is 8.25. The second kappa shape index (κ2) is 4.14. The van der Waals surface area contributed by atoms with E-state index in [4.69, 9.17) is 9.47 Å². The van der Waals surface area contributed by atoms with Crippen LogP contribution in [0.25, 0.3) is 0 Å². The monoisotopic (exact) mass is 241 g/mol. The quantitative estimate of drug-likeness (QED) is 0.863. The van der Waals surface area contributed by atoms with E-state index >= 15 is 0 Å². The third kappa shape index (κ3) is 1.84. The fourth-order valence-corrected chi connectivity index (χ4v) is 2.39. The van der Waals surface area contributed by atoms with Crippen LogP contribution >= 0.6 is 0 Å². The van der Waals surface area contributed by atoms with Crippen LogP contribution in [0.1, 0.15) is 36.4 Å². The Morgan fingerprint density at radius 3 is 2.88 bits per heavy atom. The number of benzene rings is 1. The van der Waals surface area contributed by atoms with Crippen LogP contribution in [0.3, 0.4) is 0 Å². The van der Waals surface area contributed by atoms with Gasteiger partial charge in [-0.1, -0.05) is 0 Å². The number of halogens is 2. The highest BCUT2D eigenvalue weighted by Crippen LogP contribution is 2.43. The van der Waals surface area contributed by atoms with Crippen LogP contribution in [0.2, 0.25) is 0 Å². The Hall–Kier alpha value is -1.36. The van der Waals surface area contributed by atoms with Crippen molar-refractivity contribution in [3.63, 3.8) is 0 Å². The minimum Gasteiger partial charge on any atom is -0.454 e. The van der Waals surface area contributed by atoms with E-state index in [1.54, 1.807) is 0 Å². The lowest BCUT2D eigenvalue weighted by Crippen LogP contribution is -2.13. The van der Waals surface area contributed by atoms with Gasteiger partial charge in [-0.2, -0.15) is 0 Å². The molecule has 5 heteroatoms. The Morgan fingerprint density at radius 2 is 2.18 bits per heavy atom. The zero-order valence-corrected chi connectivity index (χ0v) is 9.21. The van der Waals surface area contributed by atoms with Gasteiger partial charge in [0.2, 0.25) is 6.79 Å². The molecular weight excluding hydrogens is 228 g/mol.